The van der Waals surface area contributed by atoms with E-state index in [0.717, 1.165) is 30.1 Å². The van der Waals surface area contributed by atoms with Crippen molar-refractivity contribution in [3.63, 3.8) is 0 Å². The first-order chi connectivity index (χ1) is 12.2. The molecule has 3 aromatic rings. The maximum Gasteiger partial charge on any atom is 0.190 e. The van der Waals surface area contributed by atoms with Crippen LogP contribution in [-0.2, 0) is 11.3 Å². The Morgan fingerprint density at radius 2 is 1.60 bits per heavy atom. The molecule has 2 aromatic carbocycles. The van der Waals surface area contributed by atoms with Gasteiger partial charge in [0.15, 0.2) is 4.80 Å². The van der Waals surface area contributed by atoms with Gasteiger partial charge in [0.2, 0.25) is 0 Å². The Bertz CT molecular complexity index is 874. The lowest BCUT2D eigenvalue weighted by atomic mass is 10.1. The Balaban J connectivity index is 2.02. The highest BCUT2D eigenvalue weighted by atomic mass is 32.1. The van der Waals surface area contributed by atoms with Crippen LogP contribution in [0.2, 0.25) is 0 Å². The second-order valence-electron chi connectivity index (χ2n) is 6.21. The van der Waals surface area contributed by atoms with Crippen LogP contribution < -0.4 is 4.80 Å². The van der Waals surface area contributed by atoms with E-state index in [0.29, 0.717) is 0 Å². The Kier molecular flexibility index (Phi) is 5.84. The number of ether oxygens (including phenoxy) is 1. The number of hydrogen-bond donors (Lipinski definition) is 0. The van der Waals surface area contributed by atoms with E-state index < -0.39 is 0 Å². The number of benzene rings is 2. The number of methoxy groups -OCH3 is 1. The standard InChI is InChI=1S/C21H24N2OS/c1-16-5-9-18(10-6-16)20-15-25-21(23(20)13-4-14-24-3)22-19-11-7-17(2)8-12-19/h5-12,15H,4,13-14H2,1-3H3. The van der Waals surface area contributed by atoms with Gasteiger partial charge in [-0.3, -0.25) is 0 Å². The molecule has 0 fully saturated rings. The van der Waals surface area contributed by atoms with Gasteiger partial charge in [0.05, 0.1) is 11.4 Å². The first kappa shape index (κ1) is 17.6. The lowest BCUT2D eigenvalue weighted by Crippen LogP contribution is -2.17. The van der Waals surface area contributed by atoms with Crippen LogP contribution in [0.1, 0.15) is 17.5 Å². The van der Waals surface area contributed by atoms with Crippen molar-refractivity contribution in [2.45, 2.75) is 26.8 Å². The molecule has 0 aliphatic rings. The molecule has 0 saturated heterocycles. The molecule has 4 heteroatoms. The largest absolute Gasteiger partial charge is 0.385 e. The Morgan fingerprint density at radius 1 is 0.960 bits per heavy atom. The van der Waals surface area contributed by atoms with Crippen LogP contribution in [0.3, 0.4) is 0 Å². The highest BCUT2D eigenvalue weighted by molar-refractivity contribution is 7.07. The number of rotatable bonds is 6. The third kappa shape index (κ3) is 4.47. The van der Waals surface area contributed by atoms with Crippen LogP contribution in [0.4, 0.5) is 5.69 Å². The molecule has 1 aromatic heterocycles. The molecule has 0 spiro atoms. The monoisotopic (exact) mass is 352 g/mol. The van der Waals surface area contributed by atoms with E-state index in [2.05, 4.69) is 72.3 Å². The summed E-state index contributed by atoms with van der Waals surface area (Å²) in [7, 11) is 1.75. The summed E-state index contributed by atoms with van der Waals surface area (Å²) < 4.78 is 7.53. The van der Waals surface area contributed by atoms with Crippen LogP contribution in [0.25, 0.3) is 11.3 Å². The van der Waals surface area contributed by atoms with E-state index >= 15 is 0 Å². The molecule has 130 valence electrons. The summed E-state index contributed by atoms with van der Waals surface area (Å²) in [4.78, 5) is 5.89. The minimum absolute atomic E-state index is 0.750. The average Bonchev–Trinajstić information content (AvgIpc) is 3.01. The van der Waals surface area contributed by atoms with Gasteiger partial charge in [-0.05, 0) is 38.0 Å². The van der Waals surface area contributed by atoms with Crippen LogP contribution in [0.15, 0.2) is 58.9 Å². The predicted octanol–water partition coefficient (Wildman–Crippen LogP) is 5.10. The van der Waals surface area contributed by atoms with Gasteiger partial charge in [0.25, 0.3) is 0 Å². The molecule has 0 unspecified atom stereocenters. The highest BCUT2D eigenvalue weighted by Crippen LogP contribution is 2.22. The van der Waals surface area contributed by atoms with Crippen LogP contribution in [-0.4, -0.2) is 18.3 Å². The van der Waals surface area contributed by atoms with Gasteiger partial charge in [0.1, 0.15) is 0 Å². The van der Waals surface area contributed by atoms with Crippen molar-refractivity contribution in [2.24, 2.45) is 4.99 Å². The Morgan fingerprint density at radius 3 is 2.24 bits per heavy atom. The minimum Gasteiger partial charge on any atom is -0.385 e. The number of aryl methyl sites for hydroxylation is 2. The Labute approximate surface area is 153 Å². The summed E-state index contributed by atoms with van der Waals surface area (Å²) >= 11 is 1.69. The molecule has 0 amide bonds. The average molecular weight is 353 g/mol. The van der Waals surface area contributed by atoms with Gasteiger partial charge < -0.3 is 9.30 Å². The molecule has 1 heterocycles. The fourth-order valence-electron chi connectivity index (χ4n) is 2.69. The van der Waals surface area contributed by atoms with E-state index in [1.54, 1.807) is 18.4 Å². The number of aromatic nitrogens is 1. The van der Waals surface area contributed by atoms with Crippen molar-refractivity contribution < 1.29 is 4.74 Å². The van der Waals surface area contributed by atoms with Crippen molar-refractivity contribution in [1.82, 2.24) is 4.57 Å². The first-order valence-corrected chi connectivity index (χ1v) is 9.41. The van der Waals surface area contributed by atoms with E-state index in [4.69, 9.17) is 9.73 Å². The van der Waals surface area contributed by atoms with Crippen LogP contribution in [0, 0.1) is 13.8 Å². The van der Waals surface area contributed by atoms with Crippen molar-refractivity contribution in [3.05, 3.63) is 69.8 Å². The van der Waals surface area contributed by atoms with Crippen molar-refractivity contribution >= 4 is 17.0 Å². The zero-order valence-corrected chi connectivity index (χ0v) is 15.8. The molecular weight excluding hydrogens is 328 g/mol. The van der Waals surface area contributed by atoms with Gasteiger partial charge in [-0.15, -0.1) is 11.3 Å². The van der Waals surface area contributed by atoms with Crippen molar-refractivity contribution in [1.29, 1.82) is 0 Å². The third-order valence-corrected chi connectivity index (χ3v) is 5.00. The van der Waals surface area contributed by atoms with Gasteiger partial charge in [-0.2, -0.15) is 0 Å². The molecule has 0 saturated carbocycles. The topological polar surface area (TPSA) is 26.5 Å². The van der Waals surface area contributed by atoms with E-state index in [-0.39, 0.29) is 0 Å². The summed E-state index contributed by atoms with van der Waals surface area (Å²) in [6, 6.07) is 17.0. The fraction of sp³-hybridized carbons (Fsp3) is 0.286. The molecule has 0 N–H and O–H groups in total. The second-order valence-corrected chi connectivity index (χ2v) is 7.05. The molecule has 0 bridgehead atoms. The molecular formula is C21H24N2OS. The SMILES string of the molecule is COCCCn1c(-c2ccc(C)cc2)csc1=Nc1ccc(C)cc1. The first-order valence-electron chi connectivity index (χ1n) is 8.53. The van der Waals surface area contributed by atoms with E-state index in [9.17, 15) is 0 Å². The summed E-state index contributed by atoms with van der Waals surface area (Å²) in [6.45, 7) is 5.85. The molecule has 0 radical (unpaired) electrons. The summed E-state index contributed by atoms with van der Waals surface area (Å²) in [6.07, 6.45) is 0.965. The normalized spacial score (nSPS) is 11.9. The molecule has 0 atom stereocenters. The lowest BCUT2D eigenvalue weighted by molar-refractivity contribution is 0.190. The van der Waals surface area contributed by atoms with E-state index in [1.165, 1.54) is 22.4 Å². The lowest BCUT2D eigenvalue weighted by Gasteiger charge is -2.09. The summed E-state index contributed by atoms with van der Waals surface area (Å²) in [5.74, 6) is 0. The third-order valence-electron chi connectivity index (χ3n) is 4.13. The number of hydrogen-bond acceptors (Lipinski definition) is 3. The van der Waals surface area contributed by atoms with Crippen LogP contribution >= 0.6 is 11.3 Å². The van der Waals surface area contributed by atoms with Gasteiger partial charge in [-0.25, -0.2) is 4.99 Å². The van der Waals surface area contributed by atoms with Gasteiger partial charge in [0, 0.05) is 25.6 Å². The fourth-order valence-corrected chi connectivity index (χ4v) is 3.64. The summed E-state index contributed by atoms with van der Waals surface area (Å²) in [5, 5.41) is 2.20. The number of nitrogens with zero attached hydrogens (tertiary/aromatic N) is 2. The van der Waals surface area contributed by atoms with Crippen molar-refractivity contribution in [3.8, 4) is 11.3 Å². The minimum atomic E-state index is 0.750. The molecule has 0 aliphatic heterocycles. The Hall–Kier alpha value is -2.17. The second kappa shape index (κ2) is 8.28. The quantitative estimate of drug-likeness (QED) is 0.567. The number of thiazole rings is 1. The van der Waals surface area contributed by atoms with Crippen molar-refractivity contribution in [2.75, 3.05) is 13.7 Å². The van der Waals surface area contributed by atoms with Gasteiger partial charge >= 0.3 is 0 Å². The molecule has 25 heavy (non-hydrogen) atoms. The van der Waals surface area contributed by atoms with Crippen LogP contribution in [0.5, 0.6) is 0 Å². The maximum atomic E-state index is 5.23. The smallest absolute Gasteiger partial charge is 0.190 e. The molecule has 3 rings (SSSR count). The summed E-state index contributed by atoms with van der Waals surface area (Å²) in [5.41, 5.74) is 5.95. The molecule has 3 nitrogen and oxygen atoms in total. The van der Waals surface area contributed by atoms with Gasteiger partial charge in [-0.1, -0.05) is 47.5 Å². The predicted molar refractivity (Wildman–Crippen MR) is 105 cm³/mol. The highest BCUT2D eigenvalue weighted by Gasteiger charge is 2.08. The maximum absolute atomic E-state index is 5.23. The zero-order valence-electron chi connectivity index (χ0n) is 15.0. The van der Waals surface area contributed by atoms with E-state index in [1.807, 2.05) is 0 Å². The zero-order chi connectivity index (χ0) is 17.6. The molecule has 0 aliphatic carbocycles.